The van der Waals surface area contributed by atoms with Crippen LogP contribution in [-0.2, 0) is 12.5 Å². The molecule has 1 aromatic heterocycles. The van der Waals surface area contributed by atoms with Crippen molar-refractivity contribution in [2.24, 2.45) is 7.05 Å². The Bertz CT molecular complexity index is 1340. The van der Waals surface area contributed by atoms with Gasteiger partial charge in [-0.3, -0.25) is 0 Å². The maximum Gasteiger partial charge on any atom is 0.212 e. The highest BCUT2D eigenvalue weighted by molar-refractivity contribution is 5.82. The van der Waals surface area contributed by atoms with E-state index >= 15 is 0 Å². The first-order valence-electron chi connectivity index (χ1n) is 13.1. The van der Waals surface area contributed by atoms with Gasteiger partial charge in [-0.2, -0.15) is 0 Å². The molecular formula is C34H37IN2. The smallest absolute Gasteiger partial charge is 0.212 e. The summed E-state index contributed by atoms with van der Waals surface area (Å²) in [5, 5.41) is 0. The lowest BCUT2D eigenvalue weighted by molar-refractivity contribution is -0.659. The van der Waals surface area contributed by atoms with Gasteiger partial charge < -0.3 is 28.9 Å². The molecule has 0 aliphatic carbocycles. The average molecular weight is 601 g/mol. The molecule has 0 atom stereocenters. The minimum Gasteiger partial charge on any atom is -1.00 e. The van der Waals surface area contributed by atoms with E-state index in [4.69, 9.17) is 0 Å². The van der Waals surface area contributed by atoms with Crippen LogP contribution in [-0.4, -0.2) is 13.1 Å². The number of benzene rings is 3. The van der Waals surface area contributed by atoms with Gasteiger partial charge in [-0.05, 0) is 64.8 Å². The summed E-state index contributed by atoms with van der Waals surface area (Å²) in [7, 11) is 2.14. The van der Waals surface area contributed by atoms with Gasteiger partial charge in [0.05, 0.1) is 5.56 Å². The summed E-state index contributed by atoms with van der Waals surface area (Å²) in [5.41, 5.74) is 10.2. The van der Waals surface area contributed by atoms with Gasteiger partial charge in [-0.1, -0.05) is 87.5 Å². The maximum atomic E-state index is 2.48. The van der Waals surface area contributed by atoms with Crippen molar-refractivity contribution in [3.05, 3.63) is 108 Å². The average Bonchev–Trinajstić information content (AvgIpc) is 3.43. The monoisotopic (exact) mass is 600 g/mol. The van der Waals surface area contributed by atoms with Crippen LogP contribution in [0.3, 0.4) is 0 Å². The normalized spacial score (nSPS) is 13.7. The molecule has 0 N–H and O–H groups in total. The lowest BCUT2D eigenvalue weighted by Gasteiger charge is -2.19. The SMILES string of the molecule is C[n+]1cc(-c2ccccc2)c(/C=C/c2ccc(N3CCCC3)cc2)cc1-c1ccc(C(C)(C)C)cc1.[I-]. The highest BCUT2D eigenvalue weighted by atomic mass is 127. The Morgan fingerprint density at radius 2 is 1.41 bits per heavy atom. The van der Waals surface area contributed by atoms with Crippen molar-refractivity contribution in [2.45, 2.75) is 39.0 Å². The molecule has 3 heteroatoms. The Hall–Kier alpha value is -2.92. The molecule has 0 bridgehead atoms. The molecule has 4 aromatic rings. The Morgan fingerprint density at radius 1 is 0.757 bits per heavy atom. The molecule has 3 aromatic carbocycles. The number of hydrogen-bond acceptors (Lipinski definition) is 1. The summed E-state index contributed by atoms with van der Waals surface area (Å²) >= 11 is 0. The zero-order valence-electron chi connectivity index (χ0n) is 22.4. The lowest BCUT2D eigenvalue weighted by atomic mass is 9.86. The molecule has 0 amide bonds. The second kappa shape index (κ2) is 11.6. The predicted molar refractivity (Wildman–Crippen MR) is 154 cm³/mol. The number of aryl methyl sites for hydroxylation is 1. The van der Waals surface area contributed by atoms with Crippen LogP contribution >= 0.6 is 0 Å². The van der Waals surface area contributed by atoms with Crippen molar-refractivity contribution in [1.82, 2.24) is 0 Å². The molecule has 190 valence electrons. The van der Waals surface area contributed by atoms with Crippen molar-refractivity contribution in [3.8, 4) is 22.4 Å². The molecule has 0 radical (unpaired) electrons. The van der Waals surface area contributed by atoms with Crippen molar-refractivity contribution < 1.29 is 28.5 Å². The second-order valence-corrected chi connectivity index (χ2v) is 11.0. The van der Waals surface area contributed by atoms with Crippen LogP contribution in [0.5, 0.6) is 0 Å². The van der Waals surface area contributed by atoms with E-state index < -0.39 is 0 Å². The van der Waals surface area contributed by atoms with Crippen molar-refractivity contribution in [2.75, 3.05) is 18.0 Å². The number of pyridine rings is 1. The van der Waals surface area contributed by atoms with E-state index in [1.807, 2.05) is 0 Å². The number of aromatic nitrogens is 1. The Balaban J connectivity index is 0.00000320. The largest absolute Gasteiger partial charge is 1.00 e. The zero-order valence-corrected chi connectivity index (χ0v) is 24.6. The van der Waals surface area contributed by atoms with Crippen LogP contribution in [0, 0.1) is 0 Å². The van der Waals surface area contributed by atoms with E-state index in [2.05, 4.69) is 141 Å². The predicted octanol–water partition coefficient (Wildman–Crippen LogP) is 4.92. The molecule has 0 unspecified atom stereocenters. The first-order chi connectivity index (χ1) is 17.4. The summed E-state index contributed by atoms with van der Waals surface area (Å²) in [6, 6.07) is 31.0. The van der Waals surface area contributed by atoms with Crippen LogP contribution in [0.2, 0.25) is 0 Å². The third-order valence-corrected chi connectivity index (χ3v) is 7.26. The molecule has 37 heavy (non-hydrogen) atoms. The number of hydrogen-bond donors (Lipinski definition) is 0. The highest BCUT2D eigenvalue weighted by Gasteiger charge is 2.18. The molecule has 5 rings (SSSR count). The fourth-order valence-corrected chi connectivity index (χ4v) is 5.05. The van der Waals surface area contributed by atoms with E-state index in [1.54, 1.807) is 0 Å². The van der Waals surface area contributed by atoms with Crippen molar-refractivity contribution in [3.63, 3.8) is 0 Å². The standard InChI is InChI=1S/C34H37N2.HI/c1-34(2,3)30-18-16-28(17-19-30)33-24-29(32(25-35(33)4)27-10-6-5-7-11-27)15-12-26-13-20-31(21-14-26)36-22-8-9-23-36;/h5-7,10-21,24-25H,8-9,22-23H2,1-4H3;1H/q+1;/p-1. The highest BCUT2D eigenvalue weighted by Crippen LogP contribution is 2.30. The summed E-state index contributed by atoms with van der Waals surface area (Å²) in [6.07, 6.45) is 9.37. The number of halogens is 1. The van der Waals surface area contributed by atoms with Gasteiger partial charge in [0.15, 0.2) is 6.20 Å². The molecule has 1 aliphatic rings. The molecule has 1 fully saturated rings. The van der Waals surface area contributed by atoms with Gasteiger partial charge >= 0.3 is 0 Å². The first kappa shape index (κ1) is 27.1. The molecule has 2 nitrogen and oxygen atoms in total. The van der Waals surface area contributed by atoms with Gasteiger partial charge in [0.25, 0.3) is 0 Å². The number of nitrogens with zero attached hydrogens (tertiary/aromatic N) is 2. The van der Waals surface area contributed by atoms with E-state index in [0.29, 0.717) is 0 Å². The van der Waals surface area contributed by atoms with E-state index in [9.17, 15) is 0 Å². The third-order valence-electron chi connectivity index (χ3n) is 7.26. The van der Waals surface area contributed by atoms with Crippen LogP contribution < -0.4 is 33.4 Å². The maximum absolute atomic E-state index is 2.48. The van der Waals surface area contributed by atoms with Gasteiger partial charge in [-0.15, -0.1) is 0 Å². The van der Waals surface area contributed by atoms with Crippen molar-refractivity contribution in [1.29, 1.82) is 0 Å². The van der Waals surface area contributed by atoms with Gasteiger partial charge in [0, 0.05) is 30.4 Å². The second-order valence-electron chi connectivity index (χ2n) is 11.0. The lowest BCUT2D eigenvalue weighted by Crippen LogP contribution is -3.00. The molecular weight excluding hydrogens is 563 g/mol. The van der Waals surface area contributed by atoms with Gasteiger partial charge in [0.2, 0.25) is 5.69 Å². The van der Waals surface area contributed by atoms with Crippen LogP contribution in [0.15, 0.2) is 91.1 Å². The quantitative estimate of drug-likeness (QED) is 0.233. The minimum absolute atomic E-state index is 0. The fraction of sp³-hybridized carbons (Fsp3) is 0.265. The molecule has 0 saturated carbocycles. The number of rotatable bonds is 5. The van der Waals surface area contributed by atoms with Crippen molar-refractivity contribution >= 4 is 17.8 Å². The summed E-state index contributed by atoms with van der Waals surface area (Å²) in [4.78, 5) is 2.48. The third kappa shape index (κ3) is 6.32. The molecule has 1 aliphatic heterocycles. The molecule has 0 spiro atoms. The van der Waals surface area contributed by atoms with Gasteiger partial charge in [0.1, 0.15) is 7.05 Å². The summed E-state index contributed by atoms with van der Waals surface area (Å²) in [6.45, 7) is 9.14. The first-order valence-corrected chi connectivity index (χ1v) is 13.1. The van der Waals surface area contributed by atoms with E-state index in [-0.39, 0.29) is 29.4 Å². The molecule has 1 saturated heterocycles. The summed E-state index contributed by atoms with van der Waals surface area (Å²) in [5.74, 6) is 0. The Morgan fingerprint density at radius 3 is 2.03 bits per heavy atom. The summed E-state index contributed by atoms with van der Waals surface area (Å²) < 4.78 is 2.25. The van der Waals surface area contributed by atoms with Crippen LogP contribution in [0.4, 0.5) is 5.69 Å². The Kier molecular flexibility index (Phi) is 8.53. The fourth-order valence-electron chi connectivity index (χ4n) is 5.05. The zero-order chi connectivity index (χ0) is 25.1. The Labute approximate surface area is 239 Å². The van der Waals surface area contributed by atoms with Gasteiger partial charge in [-0.25, -0.2) is 4.57 Å². The topological polar surface area (TPSA) is 7.12 Å². The van der Waals surface area contributed by atoms with E-state index in [1.165, 1.54) is 70.7 Å². The van der Waals surface area contributed by atoms with E-state index in [0.717, 1.165) is 0 Å². The minimum atomic E-state index is 0. The number of anilines is 1. The van der Waals surface area contributed by atoms with Crippen LogP contribution in [0.1, 0.15) is 50.3 Å². The molecule has 2 heterocycles. The van der Waals surface area contributed by atoms with Crippen LogP contribution in [0.25, 0.3) is 34.5 Å².